The van der Waals surface area contributed by atoms with E-state index in [4.69, 9.17) is 11.6 Å². The molecule has 23 heavy (non-hydrogen) atoms. The molecule has 112 valence electrons. The normalized spacial score (nSPS) is 14.0. The number of hydrogen-bond donors (Lipinski definition) is 1. The fourth-order valence-corrected chi connectivity index (χ4v) is 2.72. The van der Waals surface area contributed by atoms with Crippen LogP contribution in [0.15, 0.2) is 53.0 Å². The van der Waals surface area contributed by atoms with Gasteiger partial charge in [0.05, 0.1) is 10.7 Å². The van der Waals surface area contributed by atoms with Crippen molar-refractivity contribution in [3.05, 3.63) is 69.8 Å². The number of allylic oxidation sites excluding steroid dienone is 1. The fraction of sp³-hybridized carbons (Fsp3) is 0.0556. The summed E-state index contributed by atoms with van der Waals surface area (Å²) in [5.74, 6) is -0.643. The zero-order valence-corrected chi connectivity index (χ0v) is 12.9. The molecule has 0 fully saturated rings. The van der Waals surface area contributed by atoms with Gasteiger partial charge in [0.1, 0.15) is 17.4 Å². The summed E-state index contributed by atoms with van der Waals surface area (Å²) in [5.41, 5.74) is 1.85. The SMILES string of the molecule is Cc1ccc(N=C(C#N)C2=C(O)c3ccccc3C2=O)c(Cl)c1. The number of aliphatic imine (C=N–C) groups is 1. The van der Waals surface area contributed by atoms with Gasteiger partial charge >= 0.3 is 0 Å². The van der Waals surface area contributed by atoms with Gasteiger partial charge in [0.15, 0.2) is 11.5 Å². The van der Waals surface area contributed by atoms with E-state index in [1.807, 2.05) is 13.0 Å². The van der Waals surface area contributed by atoms with Crippen LogP contribution in [0.1, 0.15) is 21.5 Å². The number of hydrogen-bond acceptors (Lipinski definition) is 4. The van der Waals surface area contributed by atoms with Gasteiger partial charge in [-0.05, 0) is 24.6 Å². The second-order valence-corrected chi connectivity index (χ2v) is 5.53. The molecule has 0 saturated carbocycles. The number of carbonyl (C=O) groups is 1. The summed E-state index contributed by atoms with van der Waals surface area (Å²) in [6.45, 7) is 1.88. The molecule has 1 N–H and O–H groups in total. The number of fused-ring (bicyclic) bond motifs is 1. The molecule has 0 amide bonds. The zero-order chi connectivity index (χ0) is 16.6. The second-order valence-electron chi connectivity index (χ2n) is 5.13. The number of halogens is 1. The first-order valence-electron chi connectivity index (χ1n) is 6.85. The Labute approximate surface area is 138 Å². The lowest BCUT2D eigenvalue weighted by molar-refractivity contribution is 0.104. The molecule has 2 aromatic carbocycles. The molecule has 3 rings (SSSR count). The quantitative estimate of drug-likeness (QED) is 0.832. The third-order valence-electron chi connectivity index (χ3n) is 3.57. The highest BCUT2D eigenvalue weighted by Crippen LogP contribution is 2.33. The standard InChI is InChI=1S/C18H11ClN2O2/c1-10-6-7-14(13(19)8-10)21-15(9-20)16-17(22)11-4-2-3-5-12(11)18(16)23/h2-8,22H,1H3. The fourth-order valence-electron chi connectivity index (χ4n) is 2.44. The molecule has 1 aliphatic carbocycles. The van der Waals surface area contributed by atoms with Gasteiger partial charge in [0, 0.05) is 11.1 Å². The highest BCUT2D eigenvalue weighted by atomic mass is 35.5. The smallest absolute Gasteiger partial charge is 0.200 e. The summed E-state index contributed by atoms with van der Waals surface area (Å²) in [7, 11) is 0. The minimum Gasteiger partial charge on any atom is -0.506 e. The van der Waals surface area contributed by atoms with Crippen molar-refractivity contribution in [1.29, 1.82) is 5.26 Å². The first-order chi connectivity index (χ1) is 11.0. The van der Waals surface area contributed by atoms with Crippen LogP contribution in [0.3, 0.4) is 0 Å². The molecule has 0 unspecified atom stereocenters. The van der Waals surface area contributed by atoms with Crippen molar-refractivity contribution in [1.82, 2.24) is 0 Å². The summed E-state index contributed by atoms with van der Waals surface area (Å²) in [6, 6.07) is 13.7. The van der Waals surface area contributed by atoms with Crippen molar-refractivity contribution in [3.63, 3.8) is 0 Å². The van der Waals surface area contributed by atoms with E-state index < -0.39 is 5.78 Å². The zero-order valence-electron chi connectivity index (χ0n) is 12.2. The van der Waals surface area contributed by atoms with E-state index in [0.717, 1.165) is 5.56 Å². The Morgan fingerprint density at radius 3 is 2.52 bits per heavy atom. The van der Waals surface area contributed by atoms with E-state index >= 15 is 0 Å². The third kappa shape index (κ3) is 2.52. The third-order valence-corrected chi connectivity index (χ3v) is 3.87. The van der Waals surface area contributed by atoms with Gasteiger partial charge in [-0.3, -0.25) is 4.79 Å². The van der Waals surface area contributed by atoms with Gasteiger partial charge in [-0.1, -0.05) is 41.9 Å². The Kier molecular flexibility index (Phi) is 3.73. The van der Waals surface area contributed by atoms with Gasteiger partial charge in [-0.25, -0.2) is 4.99 Å². The Morgan fingerprint density at radius 1 is 1.22 bits per heavy atom. The summed E-state index contributed by atoms with van der Waals surface area (Å²) in [6.07, 6.45) is 0. The lowest BCUT2D eigenvalue weighted by Gasteiger charge is -2.02. The van der Waals surface area contributed by atoms with Crippen LogP contribution in [0.2, 0.25) is 5.02 Å². The van der Waals surface area contributed by atoms with Gasteiger partial charge < -0.3 is 5.11 Å². The van der Waals surface area contributed by atoms with Crippen LogP contribution in [0.5, 0.6) is 0 Å². The number of carbonyl (C=O) groups excluding carboxylic acids is 1. The molecule has 2 aromatic rings. The molecule has 0 aromatic heterocycles. The molecular weight excluding hydrogens is 312 g/mol. The molecular formula is C18H11ClN2O2. The number of ketones is 1. The van der Waals surface area contributed by atoms with E-state index in [9.17, 15) is 15.2 Å². The Bertz CT molecular complexity index is 936. The molecule has 1 aliphatic rings. The van der Waals surface area contributed by atoms with Crippen LogP contribution in [-0.2, 0) is 0 Å². The predicted octanol–water partition coefficient (Wildman–Crippen LogP) is 4.41. The van der Waals surface area contributed by atoms with E-state index in [-0.39, 0.29) is 17.0 Å². The van der Waals surface area contributed by atoms with Crippen molar-refractivity contribution < 1.29 is 9.90 Å². The molecule has 4 nitrogen and oxygen atoms in total. The molecule has 0 saturated heterocycles. The highest BCUT2D eigenvalue weighted by Gasteiger charge is 2.32. The molecule has 0 bridgehead atoms. The monoisotopic (exact) mass is 322 g/mol. The Hall–Kier alpha value is -2.90. The Morgan fingerprint density at radius 2 is 1.91 bits per heavy atom. The average Bonchev–Trinajstić information content (AvgIpc) is 2.79. The molecule has 0 heterocycles. The maximum atomic E-state index is 12.5. The molecule has 0 spiro atoms. The molecule has 0 radical (unpaired) electrons. The van der Waals surface area contributed by atoms with Crippen LogP contribution in [-0.4, -0.2) is 16.6 Å². The minimum atomic E-state index is -0.415. The van der Waals surface area contributed by atoms with Crippen LogP contribution in [0.25, 0.3) is 5.76 Å². The lowest BCUT2D eigenvalue weighted by Crippen LogP contribution is -2.09. The first-order valence-corrected chi connectivity index (χ1v) is 7.23. The summed E-state index contributed by atoms with van der Waals surface area (Å²) in [4.78, 5) is 16.6. The summed E-state index contributed by atoms with van der Waals surface area (Å²) in [5, 5.41) is 20.1. The number of benzene rings is 2. The summed E-state index contributed by atoms with van der Waals surface area (Å²) >= 11 is 6.12. The maximum absolute atomic E-state index is 12.5. The van der Waals surface area contributed by atoms with Crippen LogP contribution < -0.4 is 0 Å². The van der Waals surface area contributed by atoms with Crippen molar-refractivity contribution in [2.45, 2.75) is 6.92 Å². The van der Waals surface area contributed by atoms with Crippen molar-refractivity contribution in [3.8, 4) is 6.07 Å². The highest BCUT2D eigenvalue weighted by molar-refractivity contribution is 6.40. The van der Waals surface area contributed by atoms with Gasteiger partial charge in [-0.15, -0.1) is 0 Å². The lowest BCUT2D eigenvalue weighted by atomic mass is 10.1. The molecule has 0 atom stereocenters. The van der Waals surface area contributed by atoms with Gasteiger partial charge in [-0.2, -0.15) is 5.26 Å². The van der Waals surface area contributed by atoms with Crippen molar-refractivity contribution >= 4 is 34.5 Å². The number of aliphatic hydroxyl groups excluding tert-OH is 1. The number of aryl methyl sites for hydroxylation is 1. The van der Waals surface area contributed by atoms with Crippen LogP contribution >= 0.6 is 11.6 Å². The first kappa shape index (κ1) is 15.0. The predicted molar refractivity (Wildman–Crippen MR) is 89.2 cm³/mol. The van der Waals surface area contributed by atoms with E-state index in [1.165, 1.54) is 0 Å². The minimum absolute atomic E-state index is 0.0923. The second kappa shape index (κ2) is 5.71. The van der Waals surface area contributed by atoms with Crippen LogP contribution in [0, 0.1) is 18.3 Å². The van der Waals surface area contributed by atoms with E-state index in [0.29, 0.717) is 21.8 Å². The number of Topliss-reactive ketones (excluding diaryl/α,β-unsaturated/α-hetero) is 1. The van der Waals surface area contributed by atoms with Gasteiger partial charge in [0.25, 0.3) is 0 Å². The van der Waals surface area contributed by atoms with Gasteiger partial charge in [0.2, 0.25) is 0 Å². The number of rotatable bonds is 2. The van der Waals surface area contributed by atoms with Crippen molar-refractivity contribution in [2.75, 3.05) is 0 Å². The largest absolute Gasteiger partial charge is 0.506 e. The topological polar surface area (TPSA) is 73.4 Å². The number of nitrogens with zero attached hydrogens (tertiary/aromatic N) is 2. The van der Waals surface area contributed by atoms with E-state index in [1.54, 1.807) is 42.5 Å². The van der Waals surface area contributed by atoms with Crippen molar-refractivity contribution in [2.24, 2.45) is 4.99 Å². The van der Waals surface area contributed by atoms with Crippen LogP contribution in [0.4, 0.5) is 5.69 Å². The number of nitriles is 1. The summed E-state index contributed by atoms with van der Waals surface area (Å²) < 4.78 is 0. The molecule has 0 aliphatic heterocycles. The maximum Gasteiger partial charge on any atom is 0.200 e. The van der Waals surface area contributed by atoms with E-state index in [2.05, 4.69) is 4.99 Å². The average molecular weight is 323 g/mol. The molecule has 5 heteroatoms. The Balaban J connectivity index is 2.13. The number of aliphatic hydroxyl groups is 1.